The third-order valence-electron chi connectivity index (χ3n) is 3.47. The molecule has 1 N–H and O–H groups in total. The van der Waals surface area contributed by atoms with E-state index in [1.165, 1.54) is 11.3 Å². The maximum Gasteiger partial charge on any atom is 0.234 e. The molecule has 0 spiro atoms. The summed E-state index contributed by atoms with van der Waals surface area (Å²) in [5.41, 5.74) is 1.56. The van der Waals surface area contributed by atoms with Crippen LogP contribution in [0.2, 0.25) is 0 Å². The first-order valence-electron chi connectivity index (χ1n) is 8.24. The Labute approximate surface area is 153 Å². The molecule has 8 heteroatoms. The first-order valence-corrected chi connectivity index (χ1v) is 10.8. The zero-order chi connectivity index (χ0) is 18.3. The summed E-state index contributed by atoms with van der Waals surface area (Å²) in [6, 6.07) is 7.65. The molecule has 0 fully saturated rings. The van der Waals surface area contributed by atoms with Crippen LogP contribution in [0, 0.1) is 0 Å². The van der Waals surface area contributed by atoms with Crippen molar-refractivity contribution in [3.8, 4) is 17.0 Å². The van der Waals surface area contributed by atoms with Gasteiger partial charge in [-0.05, 0) is 32.6 Å². The van der Waals surface area contributed by atoms with Crippen LogP contribution >= 0.6 is 11.3 Å². The number of ether oxygens (including phenoxy) is 1. The molecule has 0 amide bonds. The van der Waals surface area contributed by atoms with Gasteiger partial charge in [0.1, 0.15) is 12.4 Å². The Bertz CT molecular complexity index is 773. The largest absolute Gasteiger partial charge is 0.492 e. The molecule has 0 radical (unpaired) electrons. The Balaban J connectivity index is 2.11. The topological polar surface area (TPSA) is 71.5 Å². The summed E-state index contributed by atoms with van der Waals surface area (Å²) in [6.07, 6.45) is 1.47. The van der Waals surface area contributed by atoms with E-state index in [0.29, 0.717) is 23.9 Å². The number of unbranched alkanes of at least 4 members (excludes halogenated alkanes) is 1. The molecule has 0 atom stereocenters. The first-order chi connectivity index (χ1) is 11.9. The zero-order valence-electron chi connectivity index (χ0n) is 14.9. The molecule has 1 aromatic carbocycles. The van der Waals surface area contributed by atoms with Crippen LogP contribution in [0.15, 0.2) is 29.6 Å². The number of rotatable bonds is 10. The van der Waals surface area contributed by atoms with Gasteiger partial charge in [-0.15, -0.1) is 11.3 Å². The number of aromatic nitrogens is 1. The van der Waals surface area contributed by atoms with Crippen molar-refractivity contribution in [3.05, 3.63) is 29.6 Å². The molecule has 0 aliphatic rings. The Morgan fingerprint density at radius 3 is 2.76 bits per heavy atom. The van der Waals surface area contributed by atoms with Crippen molar-refractivity contribution in [3.63, 3.8) is 0 Å². The summed E-state index contributed by atoms with van der Waals surface area (Å²) in [4.78, 5) is 6.47. The van der Waals surface area contributed by atoms with Crippen LogP contribution in [0.4, 0.5) is 5.13 Å². The van der Waals surface area contributed by atoms with Crippen LogP contribution in [-0.4, -0.2) is 51.3 Å². The lowest BCUT2D eigenvalue weighted by Crippen LogP contribution is -2.19. The minimum absolute atomic E-state index is 0.114. The van der Waals surface area contributed by atoms with Gasteiger partial charge in [0.2, 0.25) is 10.0 Å². The van der Waals surface area contributed by atoms with E-state index >= 15 is 0 Å². The Morgan fingerprint density at radius 1 is 1.28 bits per heavy atom. The highest BCUT2D eigenvalue weighted by Crippen LogP contribution is 2.32. The average molecular weight is 384 g/mol. The zero-order valence-corrected chi connectivity index (χ0v) is 16.5. The van der Waals surface area contributed by atoms with Gasteiger partial charge in [-0.3, -0.25) is 4.72 Å². The van der Waals surface area contributed by atoms with Gasteiger partial charge in [0.25, 0.3) is 0 Å². The van der Waals surface area contributed by atoms with E-state index in [0.717, 1.165) is 24.3 Å². The van der Waals surface area contributed by atoms with Crippen molar-refractivity contribution in [1.29, 1.82) is 0 Å². The third-order valence-corrected chi connectivity index (χ3v) is 5.69. The van der Waals surface area contributed by atoms with Gasteiger partial charge < -0.3 is 9.64 Å². The van der Waals surface area contributed by atoms with Crippen molar-refractivity contribution in [2.45, 2.75) is 19.8 Å². The van der Waals surface area contributed by atoms with Crippen molar-refractivity contribution in [2.24, 2.45) is 0 Å². The number of hydrogen-bond donors (Lipinski definition) is 1. The first kappa shape index (κ1) is 19.7. The Hall–Kier alpha value is -1.64. The minimum Gasteiger partial charge on any atom is -0.492 e. The molecule has 1 heterocycles. The van der Waals surface area contributed by atoms with Crippen molar-refractivity contribution in [2.75, 3.05) is 37.7 Å². The van der Waals surface area contributed by atoms with E-state index in [-0.39, 0.29) is 5.75 Å². The second-order valence-electron chi connectivity index (χ2n) is 5.96. The second kappa shape index (κ2) is 9.17. The summed E-state index contributed by atoms with van der Waals surface area (Å²) < 4.78 is 32.4. The summed E-state index contributed by atoms with van der Waals surface area (Å²) >= 11 is 1.28. The molecule has 2 aromatic rings. The molecule has 0 saturated heterocycles. The Morgan fingerprint density at radius 2 is 2.04 bits per heavy atom. The van der Waals surface area contributed by atoms with Gasteiger partial charge in [-0.2, -0.15) is 0 Å². The smallest absolute Gasteiger partial charge is 0.234 e. The number of nitrogens with zero attached hydrogens (tertiary/aromatic N) is 2. The monoisotopic (exact) mass is 383 g/mol. The van der Waals surface area contributed by atoms with Crippen LogP contribution < -0.4 is 9.46 Å². The number of nitrogens with one attached hydrogen (secondary N) is 1. The summed E-state index contributed by atoms with van der Waals surface area (Å²) in [5, 5.41) is 2.22. The fourth-order valence-corrected chi connectivity index (χ4v) is 4.31. The number of sulfonamides is 1. The molecular weight excluding hydrogens is 358 g/mol. The van der Waals surface area contributed by atoms with Gasteiger partial charge >= 0.3 is 0 Å². The van der Waals surface area contributed by atoms with E-state index in [9.17, 15) is 8.42 Å². The molecule has 0 aliphatic heterocycles. The van der Waals surface area contributed by atoms with Crippen molar-refractivity contribution in [1.82, 2.24) is 9.88 Å². The van der Waals surface area contributed by atoms with Crippen LogP contribution in [0.25, 0.3) is 11.3 Å². The Kier molecular flexibility index (Phi) is 7.22. The average Bonchev–Trinajstić information content (AvgIpc) is 3.00. The molecule has 0 bridgehead atoms. The van der Waals surface area contributed by atoms with Crippen LogP contribution in [0.5, 0.6) is 5.75 Å². The van der Waals surface area contributed by atoms with Gasteiger partial charge in [-0.1, -0.05) is 25.5 Å². The normalized spacial score (nSPS) is 11.7. The number of anilines is 1. The lowest BCUT2D eigenvalue weighted by molar-refractivity contribution is 0.262. The van der Waals surface area contributed by atoms with E-state index in [1.807, 2.05) is 50.7 Å². The predicted octanol–water partition coefficient (Wildman–Crippen LogP) is 3.29. The quantitative estimate of drug-likeness (QED) is 0.682. The standard InChI is InChI=1S/C17H25N3O3S2/c1-4-5-12-25(21,22)19-17-18-15(13-24-17)14-8-6-7-9-16(14)23-11-10-20(2)3/h6-9,13H,4-5,10-12H2,1-3H3,(H,18,19). The van der Waals surface area contributed by atoms with Crippen LogP contribution in [-0.2, 0) is 10.0 Å². The van der Waals surface area contributed by atoms with E-state index in [2.05, 4.69) is 14.6 Å². The number of hydrogen-bond acceptors (Lipinski definition) is 6. The van der Waals surface area contributed by atoms with Gasteiger partial charge in [0.15, 0.2) is 5.13 Å². The lowest BCUT2D eigenvalue weighted by atomic mass is 10.1. The molecule has 0 saturated carbocycles. The maximum absolute atomic E-state index is 12.0. The van der Waals surface area contributed by atoms with Crippen molar-refractivity contribution < 1.29 is 13.2 Å². The van der Waals surface area contributed by atoms with E-state index < -0.39 is 10.0 Å². The second-order valence-corrected chi connectivity index (χ2v) is 8.66. The van der Waals surface area contributed by atoms with Crippen LogP contribution in [0.1, 0.15) is 19.8 Å². The number of benzene rings is 1. The highest BCUT2D eigenvalue weighted by molar-refractivity contribution is 7.92. The summed E-state index contributed by atoms with van der Waals surface area (Å²) in [5.74, 6) is 0.859. The fraction of sp³-hybridized carbons (Fsp3) is 0.471. The highest BCUT2D eigenvalue weighted by Gasteiger charge is 2.14. The molecular formula is C17H25N3O3S2. The molecule has 2 rings (SSSR count). The van der Waals surface area contributed by atoms with Crippen LogP contribution in [0.3, 0.4) is 0 Å². The highest BCUT2D eigenvalue weighted by atomic mass is 32.2. The maximum atomic E-state index is 12.0. The lowest BCUT2D eigenvalue weighted by Gasteiger charge is -2.13. The number of likely N-dealkylation sites (N-methyl/N-ethyl adjacent to an activating group) is 1. The van der Waals surface area contributed by atoms with E-state index in [1.54, 1.807) is 0 Å². The van der Waals surface area contributed by atoms with E-state index in [4.69, 9.17) is 4.74 Å². The summed E-state index contributed by atoms with van der Waals surface area (Å²) in [6.45, 7) is 3.35. The number of para-hydroxylation sites is 1. The summed E-state index contributed by atoms with van der Waals surface area (Å²) in [7, 11) is 0.647. The molecule has 0 unspecified atom stereocenters. The predicted molar refractivity (Wildman–Crippen MR) is 104 cm³/mol. The van der Waals surface area contributed by atoms with Crippen molar-refractivity contribution >= 4 is 26.5 Å². The van der Waals surface area contributed by atoms with Gasteiger partial charge in [0, 0.05) is 17.5 Å². The van der Waals surface area contributed by atoms with Gasteiger partial charge in [0.05, 0.1) is 11.4 Å². The fourth-order valence-electron chi connectivity index (χ4n) is 2.11. The molecule has 138 valence electrons. The third kappa shape index (κ3) is 6.30. The molecule has 0 aliphatic carbocycles. The van der Waals surface area contributed by atoms with Gasteiger partial charge in [-0.25, -0.2) is 13.4 Å². The SMILES string of the molecule is CCCCS(=O)(=O)Nc1nc(-c2ccccc2OCCN(C)C)cs1. The minimum atomic E-state index is -3.34. The molecule has 25 heavy (non-hydrogen) atoms. The molecule has 6 nitrogen and oxygen atoms in total. The number of thiazole rings is 1. The molecule has 1 aromatic heterocycles.